The van der Waals surface area contributed by atoms with E-state index in [-0.39, 0.29) is 4.90 Å². The second-order valence-corrected chi connectivity index (χ2v) is 10.3. The van der Waals surface area contributed by atoms with Crippen molar-refractivity contribution in [3.63, 3.8) is 0 Å². The lowest BCUT2D eigenvalue weighted by Crippen LogP contribution is -2.56. The monoisotopic (exact) mass is 468 g/mol. The molecule has 8 heteroatoms. The molecule has 0 unspecified atom stereocenters. The molecule has 1 fully saturated rings. The van der Waals surface area contributed by atoms with Crippen LogP contribution in [-0.4, -0.2) is 31.7 Å². The molecule has 0 saturated heterocycles. The van der Waals surface area contributed by atoms with Gasteiger partial charge in [0.1, 0.15) is 5.82 Å². The molecule has 0 amide bonds. The average Bonchev–Trinajstić information content (AvgIpc) is 2.79. The van der Waals surface area contributed by atoms with E-state index in [1.54, 1.807) is 30.3 Å². The van der Waals surface area contributed by atoms with Crippen molar-refractivity contribution in [1.82, 2.24) is 4.72 Å². The summed E-state index contributed by atoms with van der Waals surface area (Å²) in [7, 11) is -3.80. The number of hydrogen-bond acceptors (Lipinski definition) is 5. The first-order valence-corrected chi connectivity index (χ1v) is 12.4. The highest BCUT2D eigenvalue weighted by Crippen LogP contribution is 2.49. The third-order valence-corrected chi connectivity index (χ3v) is 7.82. The summed E-state index contributed by atoms with van der Waals surface area (Å²) in [6.45, 7) is 1.89. The van der Waals surface area contributed by atoms with Gasteiger partial charge in [-0.1, -0.05) is 29.8 Å². The van der Waals surface area contributed by atoms with E-state index in [9.17, 15) is 17.9 Å². The highest BCUT2D eigenvalue weighted by molar-refractivity contribution is 7.89. The number of ether oxygens (including phenoxy) is 1. The van der Waals surface area contributed by atoms with Crippen molar-refractivity contribution in [2.75, 3.05) is 4.90 Å². The summed E-state index contributed by atoms with van der Waals surface area (Å²) in [5.74, 6) is 0.680. The van der Waals surface area contributed by atoms with Crippen LogP contribution in [0, 0.1) is 12.7 Å². The molecule has 1 aliphatic heterocycles. The summed E-state index contributed by atoms with van der Waals surface area (Å²) in [5, 5.41) is 11.4. The quantitative estimate of drug-likeness (QED) is 0.583. The van der Waals surface area contributed by atoms with E-state index in [0.29, 0.717) is 42.1 Å². The van der Waals surface area contributed by atoms with Crippen LogP contribution in [-0.2, 0) is 10.0 Å². The van der Waals surface area contributed by atoms with Crippen LogP contribution >= 0.6 is 0 Å². The van der Waals surface area contributed by atoms with Gasteiger partial charge in [-0.3, -0.25) is 0 Å². The number of aliphatic hydroxyl groups is 1. The van der Waals surface area contributed by atoms with E-state index in [1.807, 2.05) is 36.1 Å². The molecule has 2 N–H and O–H groups in total. The molecule has 0 bridgehead atoms. The number of aliphatic hydroxyl groups excluding tert-OH is 1. The minimum absolute atomic E-state index is 0.159. The number of hydrogen-bond donors (Lipinski definition) is 2. The van der Waals surface area contributed by atoms with Gasteiger partial charge in [-0.25, -0.2) is 17.5 Å². The number of rotatable bonds is 4. The van der Waals surface area contributed by atoms with E-state index < -0.39 is 34.0 Å². The SMILES string of the molecule is Cc1ccc(S(=O)(=O)N[C@@H]2CCC[C@H](N3c4ccccc4Oc4ccc(F)cc43)[C@H]2O)cc1. The number of benzene rings is 3. The molecule has 1 heterocycles. The number of nitrogens with one attached hydrogen (secondary N) is 1. The second kappa shape index (κ2) is 8.44. The van der Waals surface area contributed by atoms with E-state index in [0.717, 1.165) is 5.56 Å². The number of para-hydroxylation sites is 2. The third-order valence-electron chi connectivity index (χ3n) is 6.32. The molecule has 2 aliphatic rings. The Balaban J connectivity index is 1.48. The van der Waals surface area contributed by atoms with Crippen molar-refractivity contribution < 1.29 is 22.7 Å². The van der Waals surface area contributed by atoms with Gasteiger partial charge in [-0.15, -0.1) is 0 Å². The zero-order valence-electron chi connectivity index (χ0n) is 18.1. The molecular formula is C25H25FN2O4S. The lowest BCUT2D eigenvalue weighted by Gasteiger charge is -2.44. The number of fused-ring (bicyclic) bond motifs is 2. The van der Waals surface area contributed by atoms with Crippen LogP contribution in [0.4, 0.5) is 15.8 Å². The van der Waals surface area contributed by atoms with Gasteiger partial charge in [0.15, 0.2) is 11.5 Å². The van der Waals surface area contributed by atoms with Crippen LogP contribution in [0.15, 0.2) is 71.6 Å². The predicted molar refractivity (Wildman–Crippen MR) is 124 cm³/mol. The number of halogens is 1. The molecule has 1 saturated carbocycles. The highest BCUT2D eigenvalue weighted by Gasteiger charge is 2.41. The zero-order chi connectivity index (χ0) is 23.2. The van der Waals surface area contributed by atoms with Gasteiger partial charge in [0.25, 0.3) is 0 Å². The molecule has 3 atom stereocenters. The summed E-state index contributed by atoms with van der Waals surface area (Å²) in [6.07, 6.45) is 0.813. The molecule has 0 spiro atoms. The Bertz CT molecular complexity index is 1280. The second-order valence-electron chi connectivity index (χ2n) is 8.58. The standard InChI is InChI=1S/C25H25FN2O4S/c1-16-9-12-18(13-10-16)33(30,31)27-19-5-4-7-21(25(19)29)28-20-6-2-3-8-23(20)32-24-14-11-17(26)15-22(24)28/h2-3,6,8-15,19,21,25,27,29H,4-5,7H2,1H3/t19-,21+,25+/m1/s1. The molecule has 3 aromatic rings. The first-order valence-electron chi connectivity index (χ1n) is 11.0. The number of aryl methyl sites for hydroxylation is 1. The third kappa shape index (κ3) is 4.10. The summed E-state index contributed by atoms with van der Waals surface area (Å²) in [4.78, 5) is 2.04. The Labute approximate surface area is 192 Å². The number of sulfonamides is 1. The molecule has 172 valence electrons. The fraction of sp³-hybridized carbons (Fsp3) is 0.280. The van der Waals surface area contributed by atoms with Crippen LogP contribution in [0.2, 0.25) is 0 Å². The van der Waals surface area contributed by atoms with E-state index in [1.165, 1.54) is 12.1 Å². The van der Waals surface area contributed by atoms with Gasteiger partial charge in [0.2, 0.25) is 10.0 Å². The van der Waals surface area contributed by atoms with E-state index >= 15 is 0 Å². The number of nitrogens with zero attached hydrogens (tertiary/aromatic N) is 1. The first-order chi connectivity index (χ1) is 15.8. The number of anilines is 2. The lowest BCUT2D eigenvalue weighted by atomic mass is 9.86. The molecule has 3 aromatic carbocycles. The highest BCUT2D eigenvalue weighted by atomic mass is 32.2. The molecule has 1 aliphatic carbocycles. The minimum atomic E-state index is -3.80. The Morgan fingerprint density at radius 2 is 1.73 bits per heavy atom. The first kappa shape index (κ1) is 21.9. The fourth-order valence-corrected chi connectivity index (χ4v) is 5.95. The maximum absolute atomic E-state index is 14.2. The predicted octanol–water partition coefficient (Wildman–Crippen LogP) is 4.64. The van der Waals surface area contributed by atoms with Crippen molar-refractivity contribution in [2.45, 2.75) is 49.3 Å². The van der Waals surface area contributed by atoms with Crippen LogP contribution in [0.5, 0.6) is 11.5 Å². The van der Waals surface area contributed by atoms with Crippen molar-refractivity contribution >= 4 is 21.4 Å². The normalized spacial score (nSPS) is 22.3. The Morgan fingerprint density at radius 3 is 2.52 bits per heavy atom. The van der Waals surface area contributed by atoms with Gasteiger partial charge in [0.05, 0.1) is 34.5 Å². The minimum Gasteiger partial charge on any atom is -0.453 e. The Hall–Kier alpha value is -2.94. The van der Waals surface area contributed by atoms with Crippen LogP contribution in [0.25, 0.3) is 0 Å². The Morgan fingerprint density at radius 1 is 1.00 bits per heavy atom. The summed E-state index contributed by atoms with van der Waals surface area (Å²) >= 11 is 0. The molecule has 5 rings (SSSR count). The van der Waals surface area contributed by atoms with Crippen LogP contribution in [0.3, 0.4) is 0 Å². The fourth-order valence-electron chi connectivity index (χ4n) is 4.66. The van der Waals surface area contributed by atoms with E-state index in [2.05, 4.69) is 4.72 Å². The molecule has 33 heavy (non-hydrogen) atoms. The largest absolute Gasteiger partial charge is 0.453 e. The molecular weight excluding hydrogens is 443 g/mol. The van der Waals surface area contributed by atoms with Crippen LogP contribution in [0.1, 0.15) is 24.8 Å². The summed E-state index contributed by atoms with van der Waals surface area (Å²) in [6, 6.07) is 17.1. The van der Waals surface area contributed by atoms with Gasteiger partial charge in [0, 0.05) is 6.07 Å². The zero-order valence-corrected chi connectivity index (χ0v) is 18.9. The maximum Gasteiger partial charge on any atom is 0.240 e. The Kier molecular flexibility index (Phi) is 5.60. The maximum atomic E-state index is 14.2. The molecule has 0 aromatic heterocycles. The van der Waals surface area contributed by atoms with Crippen LogP contribution < -0.4 is 14.4 Å². The van der Waals surface area contributed by atoms with Crippen molar-refractivity contribution in [3.05, 3.63) is 78.1 Å². The van der Waals surface area contributed by atoms with Crippen molar-refractivity contribution in [2.24, 2.45) is 0 Å². The molecule has 6 nitrogen and oxygen atoms in total. The van der Waals surface area contributed by atoms with Gasteiger partial charge in [-0.2, -0.15) is 0 Å². The van der Waals surface area contributed by atoms with Gasteiger partial charge in [-0.05, 0) is 62.6 Å². The topological polar surface area (TPSA) is 78.9 Å². The smallest absolute Gasteiger partial charge is 0.240 e. The summed E-state index contributed by atoms with van der Waals surface area (Å²) < 4.78 is 48.8. The lowest BCUT2D eigenvalue weighted by molar-refractivity contribution is 0.0807. The van der Waals surface area contributed by atoms with Gasteiger partial charge < -0.3 is 14.7 Å². The van der Waals surface area contributed by atoms with Crippen molar-refractivity contribution in [1.29, 1.82) is 0 Å². The van der Waals surface area contributed by atoms with Gasteiger partial charge >= 0.3 is 0 Å². The van der Waals surface area contributed by atoms with Crippen molar-refractivity contribution in [3.8, 4) is 11.5 Å². The molecule has 0 radical (unpaired) electrons. The van der Waals surface area contributed by atoms with E-state index in [4.69, 9.17) is 4.74 Å². The summed E-state index contributed by atoms with van der Waals surface area (Å²) in [5.41, 5.74) is 2.19. The average molecular weight is 469 g/mol.